The number of rotatable bonds is 4. The van der Waals surface area contributed by atoms with Crippen molar-refractivity contribution in [3.63, 3.8) is 0 Å². The molecule has 0 aliphatic heterocycles. The summed E-state index contributed by atoms with van der Waals surface area (Å²) in [5.74, 6) is -0.500. The quantitative estimate of drug-likeness (QED) is 0.871. The van der Waals surface area contributed by atoms with Crippen molar-refractivity contribution in [3.8, 4) is 0 Å². The van der Waals surface area contributed by atoms with Gasteiger partial charge >= 0.3 is 0 Å². The second kappa shape index (κ2) is 5.78. The molecular weight excluding hydrogens is 244 g/mol. The maximum absolute atomic E-state index is 13.7. The Morgan fingerprint density at radius 1 is 1.35 bits per heavy atom. The molecule has 1 aromatic carbocycles. The summed E-state index contributed by atoms with van der Waals surface area (Å²) in [6.45, 7) is 6.13. The van der Waals surface area contributed by atoms with Crippen molar-refractivity contribution in [1.29, 1.82) is 0 Å². The van der Waals surface area contributed by atoms with E-state index in [0.717, 1.165) is 0 Å². The Morgan fingerprint density at radius 2 is 2.00 bits per heavy atom. The van der Waals surface area contributed by atoms with Crippen molar-refractivity contribution < 1.29 is 8.78 Å². The zero-order chi connectivity index (χ0) is 13.1. The van der Waals surface area contributed by atoms with Crippen molar-refractivity contribution >= 4 is 11.6 Å². The standard InChI is InChI=1S/C13H18ClF2N/c1-13(2,3)17-8-10(15)7-9-5-4-6-11(16)12(9)14/h4-6,10,17H,7-8H2,1-3H3. The molecule has 0 aliphatic rings. The number of hydrogen-bond donors (Lipinski definition) is 1. The number of nitrogens with one attached hydrogen (secondary N) is 1. The molecule has 0 radical (unpaired) electrons. The SMILES string of the molecule is CC(C)(C)NCC(F)Cc1cccc(F)c1Cl. The summed E-state index contributed by atoms with van der Waals surface area (Å²) in [7, 11) is 0. The van der Waals surface area contributed by atoms with Gasteiger partial charge in [0.05, 0.1) is 5.02 Å². The minimum atomic E-state index is -1.08. The highest BCUT2D eigenvalue weighted by Gasteiger charge is 2.15. The van der Waals surface area contributed by atoms with Crippen LogP contribution in [-0.2, 0) is 6.42 Å². The van der Waals surface area contributed by atoms with Crippen molar-refractivity contribution in [1.82, 2.24) is 5.32 Å². The van der Waals surface area contributed by atoms with Gasteiger partial charge < -0.3 is 5.32 Å². The van der Waals surface area contributed by atoms with E-state index in [1.807, 2.05) is 20.8 Å². The Labute approximate surface area is 106 Å². The summed E-state index contributed by atoms with van der Waals surface area (Å²) in [5.41, 5.74) is 0.380. The van der Waals surface area contributed by atoms with Gasteiger partial charge in [0.15, 0.2) is 0 Å². The third-order valence-electron chi connectivity index (χ3n) is 2.33. The molecule has 17 heavy (non-hydrogen) atoms. The van der Waals surface area contributed by atoms with Crippen LogP contribution in [0.15, 0.2) is 18.2 Å². The first-order chi connectivity index (χ1) is 7.79. The molecule has 0 heterocycles. The summed E-state index contributed by atoms with van der Waals surface area (Å²) >= 11 is 5.77. The summed E-state index contributed by atoms with van der Waals surface area (Å²) in [5, 5.41) is 3.08. The molecule has 1 atom stereocenters. The van der Waals surface area contributed by atoms with Crippen molar-refractivity contribution in [2.24, 2.45) is 0 Å². The molecule has 0 aromatic heterocycles. The molecule has 0 spiro atoms. The first-order valence-electron chi connectivity index (χ1n) is 5.61. The lowest BCUT2D eigenvalue weighted by Crippen LogP contribution is -2.40. The van der Waals surface area contributed by atoms with E-state index in [-0.39, 0.29) is 23.5 Å². The van der Waals surface area contributed by atoms with E-state index >= 15 is 0 Å². The average molecular weight is 262 g/mol. The summed E-state index contributed by atoms with van der Waals surface area (Å²) in [4.78, 5) is 0. The van der Waals surface area contributed by atoms with Crippen LogP contribution in [0, 0.1) is 5.82 Å². The molecule has 1 nitrogen and oxygen atoms in total. The Kier molecular flexibility index (Phi) is 4.90. The van der Waals surface area contributed by atoms with E-state index < -0.39 is 12.0 Å². The van der Waals surface area contributed by atoms with Gasteiger partial charge in [-0.3, -0.25) is 0 Å². The number of alkyl halides is 1. The molecule has 0 saturated heterocycles. The predicted octanol–water partition coefficient (Wildman–Crippen LogP) is 3.75. The zero-order valence-electron chi connectivity index (χ0n) is 10.4. The first kappa shape index (κ1) is 14.4. The second-order valence-electron chi connectivity index (χ2n) is 5.15. The van der Waals surface area contributed by atoms with Crippen molar-refractivity contribution in [3.05, 3.63) is 34.6 Å². The van der Waals surface area contributed by atoms with E-state index in [2.05, 4.69) is 5.32 Å². The average Bonchev–Trinajstić information content (AvgIpc) is 2.21. The minimum Gasteiger partial charge on any atom is -0.309 e. The lowest BCUT2D eigenvalue weighted by Gasteiger charge is -2.22. The Hall–Kier alpha value is -0.670. The molecule has 1 aromatic rings. The normalized spacial score (nSPS) is 13.8. The van der Waals surface area contributed by atoms with E-state index in [9.17, 15) is 8.78 Å². The summed E-state index contributed by atoms with van der Waals surface area (Å²) < 4.78 is 26.8. The summed E-state index contributed by atoms with van der Waals surface area (Å²) in [6.07, 6.45) is -0.951. The highest BCUT2D eigenvalue weighted by Crippen LogP contribution is 2.21. The van der Waals surface area contributed by atoms with Crippen LogP contribution >= 0.6 is 11.6 Å². The molecule has 1 unspecified atom stereocenters. The molecule has 0 amide bonds. The summed E-state index contributed by atoms with van der Waals surface area (Å²) in [6, 6.07) is 4.46. The largest absolute Gasteiger partial charge is 0.309 e. The van der Waals surface area contributed by atoms with Crippen LogP contribution < -0.4 is 5.32 Å². The number of hydrogen-bond acceptors (Lipinski definition) is 1. The van der Waals surface area contributed by atoms with Crippen LogP contribution in [0.5, 0.6) is 0 Å². The van der Waals surface area contributed by atoms with Crippen LogP contribution in [0.2, 0.25) is 5.02 Å². The van der Waals surface area contributed by atoms with Gasteiger partial charge in [-0.2, -0.15) is 0 Å². The fraction of sp³-hybridized carbons (Fsp3) is 0.538. The Bertz CT molecular complexity index is 374. The van der Waals surface area contributed by atoms with Gasteiger partial charge in [-0.1, -0.05) is 23.7 Å². The Morgan fingerprint density at radius 3 is 2.59 bits per heavy atom. The highest BCUT2D eigenvalue weighted by atomic mass is 35.5. The fourth-order valence-corrected chi connectivity index (χ4v) is 1.64. The third-order valence-corrected chi connectivity index (χ3v) is 2.75. The molecule has 1 N–H and O–H groups in total. The second-order valence-corrected chi connectivity index (χ2v) is 5.52. The molecule has 1 rings (SSSR count). The molecule has 0 bridgehead atoms. The third kappa shape index (κ3) is 5.00. The van der Waals surface area contributed by atoms with Crippen molar-refractivity contribution in [2.75, 3.05) is 6.54 Å². The Balaban J connectivity index is 2.56. The monoisotopic (exact) mass is 261 g/mol. The minimum absolute atomic E-state index is 0.0194. The molecule has 4 heteroatoms. The molecular formula is C13H18ClF2N. The van der Waals surface area contributed by atoms with Crippen LogP contribution in [-0.4, -0.2) is 18.3 Å². The van der Waals surface area contributed by atoms with E-state index in [4.69, 9.17) is 11.6 Å². The molecule has 96 valence electrons. The topological polar surface area (TPSA) is 12.0 Å². The van der Waals surface area contributed by atoms with E-state index in [1.54, 1.807) is 12.1 Å². The lowest BCUT2D eigenvalue weighted by atomic mass is 10.1. The van der Waals surface area contributed by atoms with E-state index in [0.29, 0.717) is 5.56 Å². The van der Waals surface area contributed by atoms with Gasteiger partial charge in [0, 0.05) is 18.5 Å². The van der Waals surface area contributed by atoms with Gasteiger partial charge in [0.25, 0.3) is 0 Å². The van der Waals surface area contributed by atoms with Crippen LogP contribution in [0.3, 0.4) is 0 Å². The maximum atomic E-state index is 13.7. The lowest BCUT2D eigenvalue weighted by molar-refractivity contribution is 0.284. The smallest absolute Gasteiger partial charge is 0.142 e. The number of halogens is 3. The molecule has 0 fully saturated rings. The van der Waals surface area contributed by atoms with Crippen LogP contribution in [0.25, 0.3) is 0 Å². The first-order valence-corrected chi connectivity index (χ1v) is 5.99. The van der Waals surface area contributed by atoms with Crippen LogP contribution in [0.4, 0.5) is 8.78 Å². The van der Waals surface area contributed by atoms with Gasteiger partial charge in [-0.25, -0.2) is 8.78 Å². The van der Waals surface area contributed by atoms with Gasteiger partial charge in [-0.15, -0.1) is 0 Å². The zero-order valence-corrected chi connectivity index (χ0v) is 11.1. The maximum Gasteiger partial charge on any atom is 0.142 e. The molecule has 0 aliphatic carbocycles. The number of benzene rings is 1. The molecule has 0 saturated carbocycles. The highest BCUT2D eigenvalue weighted by molar-refractivity contribution is 6.31. The predicted molar refractivity (Wildman–Crippen MR) is 67.8 cm³/mol. The van der Waals surface area contributed by atoms with Gasteiger partial charge in [0.2, 0.25) is 0 Å². The van der Waals surface area contributed by atoms with Gasteiger partial charge in [0.1, 0.15) is 12.0 Å². The van der Waals surface area contributed by atoms with Crippen molar-refractivity contribution in [2.45, 2.75) is 38.9 Å². The van der Waals surface area contributed by atoms with E-state index in [1.165, 1.54) is 6.07 Å². The fourth-order valence-electron chi connectivity index (χ4n) is 1.43. The van der Waals surface area contributed by atoms with Crippen LogP contribution in [0.1, 0.15) is 26.3 Å². The van der Waals surface area contributed by atoms with Gasteiger partial charge in [-0.05, 0) is 32.4 Å².